The summed E-state index contributed by atoms with van der Waals surface area (Å²) in [5.41, 5.74) is 2.10. The van der Waals surface area contributed by atoms with Gasteiger partial charge in [-0.05, 0) is 24.6 Å². The van der Waals surface area contributed by atoms with Gasteiger partial charge in [0, 0.05) is 18.1 Å². The summed E-state index contributed by atoms with van der Waals surface area (Å²) < 4.78 is 7.16. The van der Waals surface area contributed by atoms with Crippen LogP contribution in [0, 0.1) is 0 Å². The summed E-state index contributed by atoms with van der Waals surface area (Å²) in [5.74, 6) is -1.10. The standard InChI is InChI=1S/C18H20ClN3O4/c1-2-16-15(10-20-22(16)13-5-3-4-12(19)8-13)18(25)21-6-7-26-14(11-21)9-17(23)24/h3-5,8,10,14H,2,6-7,9,11H2,1H3,(H,23,24). The van der Waals surface area contributed by atoms with Crippen LogP contribution in [0.5, 0.6) is 0 Å². The molecular formula is C18H20ClN3O4. The van der Waals surface area contributed by atoms with E-state index in [-0.39, 0.29) is 18.9 Å². The maximum Gasteiger partial charge on any atom is 0.306 e. The number of aliphatic carboxylic acids is 1. The number of morpholine rings is 1. The van der Waals surface area contributed by atoms with E-state index in [0.29, 0.717) is 30.2 Å². The Balaban J connectivity index is 1.85. The van der Waals surface area contributed by atoms with Crippen molar-refractivity contribution in [3.63, 3.8) is 0 Å². The highest BCUT2D eigenvalue weighted by Gasteiger charge is 2.29. The number of ether oxygens (including phenoxy) is 1. The Labute approximate surface area is 156 Å². The van der Waals surface area contributed by atoms with Crippen molar-refractivity contribution in [3.8, 4) is 5.69 Å². The van der Waals surface area contributed by atoms with E-state index < -0.39 is 12.1 Å². The Morgan fingerprint density at radius 2 is 2.23 bits per heavy atom. The first-order chi connectivity index (χ1) is 12.5. The molecule has 7 nitrogen and oxygen atoms in total. The molecule has 1 unspecified atom stereocenters. The van der Waals surface area contributed by atoms with Crippen molar-refractivity contribution in [3.05, 3.63) is 46.7 Å². The van der Waals surface area contributed by atoms with Crippen LogP contribution in [-0.2, 0) is 16.0 Å². The summed E-state index contributed by atoms with van der Waals surface area (Å²) in [6.45, 7) is 2.98. The zero-order valence-corrected chi connectivity index (χ0v) is 15.1. The first kappa shape index (κ1) is 18.4. The van der Waals surface area contributed by atoms with E-state index in [1.807, 2.05) is 19.1 Å². The Hall–Kier alpha value is -2.38. The molecule has 0 aliphatic carbocycles. The monoisotopic (exact) mass is 377 g/mol. The molecule has 1 atom stereocenters. The van der Waals surface area contributed by atoms with Crippen LogP contribution in [0.3, 0.4) is 0 Å². The predicted octanol–water partition coefficient (Wildman–Crippen LogP) is 2.40. The molecule has 2 aromatic rings. The van der Waals surface area contributed by atoms with Gasteiger partial charge in [0.05, 0.1) is 42.3 Å². The average Bonchev–Trinajstić information content (AvgIpc) is 3.04. The van der Waals surface area contributed by atoms with Crippen LogP contribution in [0.1, 0.15) is 29.4 Å². The number of halogens is 1. The maximum atomic E-state index is 13.0. The Morgan fingerprint density at radius 3 is 2.92 bits per heavy atom. The SMILES string of the molecule is CCc1c(C(=O)N2CCOC(CC(=O)O)C2)cnn1-c1cccc(Cl)c1. The van der Waals surface area contributed by atoms with Crippen molar-refractivity contribution in [1.29, 1.82) is 0 Å². The highest BCUT2D eigenvalue weighted by atomic mass is 35.5. The molecule has 26 heavy (non-hydrogen) atoms. The minimum absolute atomic E-state index is 0.119. The fourth-order valence-corrected chi connectivity index (χ4v) is 3.30. The molecule has 1 aliphatic rings. The number of carbonyl (C=O) groups excluding carboxylic acids is 1. The van der Waals surface area contributed by atoms with Gasteiger partial charge in [-0.2, -0.15) is 5.10 Å². The molecular weight excluding hydrogens is 358 g/mol. The summed E-state index contributed by atoms with van der Waals surface area (Å²) in [5, 5.41) is 13.9. The Morgan fingerprint density at radius 1 is 1.42 bits per heavy atom. The number of aromatic nitrogens is 2. The van der Waals surface area contributed by atoms with Gasteiger partial charge in [0.15, 0.2) is 0 Å². The second-order valence-electron chi connectivity index (χ2n) is 6.09. The smallest absolute Gasteiger partial charge is 0.306 e. The minimum atomic E-state index is -0.938. The van der Waals surface area contributed by atoms with Crippen LogP contribution >= 0.6 is 11.6 Å². The first-order valence-electron chi connectivity index (χ1n) is 8.45. The third-order valence-corrected chi connectivity index (χ3v) is 4.55. The van der Waals surface area contributed by atoms with E-state index in [1.165, 1.54) is 0 Å². The van der Waals surface area contributed by atoms with Crippen LogP contribution in [0.15, 0.2) is 30.5 Å². The van der Waals surface area contributed by atoms with Crippen molar-refractivity contribution in [2.45, 2.75) is 25.9 Å². The lowest BCUT2D eigenvalue weighted by molar-refractivity contribution is -0.141. The van der Waals surface area contributed by atoms with Crippen molar-refractivity contribution < 1.29 is 19.4 Å². The van der Waals surface area contributed by atoms with Gasteiger partial charge in [-0.3, -0.25) is 9.59 Å². The number of rotatable bonds is 5. The summed E-state index contributed by atoms with van der Waals surface area (Å²) >= 11 is 6.06. The second kappa shape index (κ2) is 7.88. The Bertz CT molecular complexity index is 821. The number of nitrogens with zero attached hydrogens (tertiary/aromatic N) is 3. The minimum Gasteiger partial charge on any atom is -0.481 e. The highest BCUT2D eigenvalue weighted by Crippen LogP contribution is 2.21. The quantitative estimate of drug-likeness (QED) is 0.864. The second-order valence-corrected chi connectivity index (χ2v) is 6.53. The van der Waals surface area contributed by atoms with Crippen LogP contribution < -0.4 is 0 Å². The molecule has 3 rings (SSSR count). The number of carboxylic acid groups (broad SMARTS) is 1. The summed E-state index contributed by atoms with van der Waals surface area (Å²) in [7, 11) is 0. The molecule has 0 radical (unpaired) electrons. The third-order valence-electron chi connectivity index (χ3n) is 4.32. The van der Waals surface area contributed by atoms with Crippen LogP contribution in [0.25, 0.3) is 5.69 Å². The number of hydrogen-bond donors (Lipinski definition) is 1. The van der Waals surface area contributed by atoms with Gasteiger partial charge in [-0.25, -0.2) is 4.68 Å². The van der Waals surface area contributed by atoms with Crippen molar-refractivity contribution in [2.75, 3.05) is 19.7 Å². The molecule has 1 amide bonds. The van der Waals surface area contributed by atoms with Crippen molar-refractivity contribution in [2.24, 2.45) is 0 Å². The molecule has 0 bridgehead atoms. The van der Waals surface area contributed by atoms with E-state index in [1.54, 1.807) is 27.9 Å². The molecule has 2 heterocycles. The van der Waals surface area contributed by atoms with E-state index in [0.717, 1.165) is 11.4 Å². The number of benzene rings is 1. The fourth-order valence-electron chi connectivity index (χ4n) is 3.12. The van der Waals surface area contributed by atoms with Gasteiger partial charge in [0.25, 0.3) is 5.91 Å². The maximum absolute atomic E-state index is 13.0. The highest BCUT2D eigenvalue weighted by molar-refractivity contribution is 6.30. The lowest BCUT2D eigenvalue weighted by atomic mass is 10.1. The molecule has 1 aromatic heterocycles. The molecule has 0 spiro atoms. The summed E-state index contributed by atoms with van der Waals surface area (Å²) in [4.78, 5) is 25.5. The molecule has 8 heteroatoms. The van der Waals surface area contributed by atoms with Gasteiger partial charge >= 0.3 is 5.97 Å². The van der Waals surface area contributed by atoms with Crippen molar-refractivity contribution >= 4 is 23.5 Å². The molecule has 1 saturated heterocycles. The van der Waals surface area contributed by atoms with Gasteiger partial charge < -0.3 is 14.7 Å². The van der Waals surface area contributed by atoms with E-state index in [4.69, 9.17) is 21.4 Å². The number of amides is 1. The van der Waals surface area contributed by atoms with Gasteiger partial charge in [0.1, 0.15) is 0 Å². The molecule has 1 aromatic carbocycles. The molecule has 1 aliphatic heterocycles. The van der Waals surface area contributed by atoms with Crippen LogP contribution in [0.2, 0.25) is 5.02 Å². The van der Waals surface area contributed by atoms with Gasteiger partial charge in [-0.1, -0.05) is 24.6 Å². The zero-order chi connectivity index (χ0) is 18.7. The van der Waals surface area contributed by atoms with E-state index in [2.05, 4.69) is 5.10 Å². The van der Waals surface area contributed by atoms with E-state index in [9.17, 15) is 9.59 Å². The fraction of sp³-hybridized carbons (Fsp3) is 0.389. The number of carbonyl (C=O) groups is 2. The predicted molar refractivity (Wildman–Crippen MR) is 95.8 cm³/mol. The molecule has 0 saturated carbocycles. The van der Waals surface area contributed by atoms with Gasteiger partial charge in [0.2, 0.25) is 0 Å². The molecule has 138 valence electrons. The van der Waals surface area contributed by atoms with Gasteiger partial charge in [-0.15, -0.1) is 0 Å². The lowest BCUT2D eigenvalue weighted by Gasteiger charge is -2.32. The summed E-state index contributed by atoms with van der Waals surface area (Å²) in [6.07, 6.45) is 1.57. The average molecular weight is 378 g/mol. The van der Waals surface area contributed by atoms with Crippen LogP contribution in [0.4, 0.5) is 0 Å². The largest absolute Gasteiger partial charge is 0.481 e. The third kappa shape index (κ3) is 3.89. The van der Waals surface area contributed by atoms with Crippen LogP contribution in [-0.4, -0.2) is 57.5 Å². The number of carboxylic acids is 1. The normalized spacial score (nSPS) is 17.3. The molecule has 1 N–H and O–H groups in total. The Kier molecular flexibility index (Phi) is 5.58. The van der Waals surface area contributed by atoms with E-state index >= 15 is 0 Å². The van der Waals surface area contributed by atoms with Crippen molar-refractivity contribution in [1.82, 2.24) is 14.7 Å². The zero-order valence-electron chi connectivity index (χ0n) is 14.4. The number of hydrogen-bond acceptors (Lipinski definition) is 4. The topological polar surface area (TPSA) is 84.7 Å². The summed E-state index contributed by atoms with van der Waals surface area (Å²) in [6, 6.07) is 7.28. The molecule has 1 fully saturated rings. The lowest BCUT2D eigenvalue weighted by Crippen LogP contribution is -2.46. The first-order valence-corrected chi connectivity index (χ1v) is 8.83.